The summed E-state index contributed by atoms with van der Waals surface area (Å²) in [5.74, 6) is 0.222. The smallest absolute Gasteiger partial charge is 0.197 e. The first-order chi connectivity index (χ1) is 11.2. The molecule has 23 heavy (non-hydrogen) atoms. The Hall–Kier alpha value is -2.72. The fourth-order valence-corrected chi connectivity index (χ4v) is 2.51. The van der Waals surface area contributed by atoms with Crippen molar-refractivity contribution in [2.24, 2.45) is 0 Å². The minimum atomic E-state index is -0.226. The summed E-state index contributed by atoms with van der Waals surface area (Å²) in [5.41, 5.74) is 1.89. The van der Waals surface area contributed by atoms with Crippen LogP contribution in [0.2, 0.25) is 0 Å². The van der Waals surface area contributed by atoms with Crippen LogP contribution >= 0.6 is 0 Å². The summed E-state index contributed by atoms with van der Waals surface area (Å²) in [6, 6.07) is 14.2. The van der Waals surface area contributed by atoms with E-state index in [9.17, 15) is 9.59 Å². The van der Waals surface area contributed by atoms with Crippen LogP contribution in [-0.2, 0) is 4.74 Å². The number of carbonyl (C=O) groups excluding carboxylic acids is 2. The van der Waals surface area contributed by atoms with Crippen LogP contribution in [-0.4, -0.2) is 31.9 Å². The third-order valence-electron chi connectivity index (χ3n) is 3.63. The topological polar surface area (TPSA) is 52.6 Å². The fourth-order valence-electron chi connectivity index (χ4n) is 2.51. The van der Waals surface area contributed by atoms with E-state index >= 15 is 0 Å². The maximum Gasteiger partial charge on any atom is 0.197 e. The molecule has 2 aromatic carbocycles. The number of ketones is 2. The van der Waals surface area contributed by atoms with Gasteiger partial charge in [-0.25, -0.2) is 0 Å². The van der Waals surface area contributed by atoms with Crippen molar-refractivity contribution in [2.75, 3.05) is 20.3 Å². The number of carbonyl (C=O) groups is 2. The summed E-state index contributed by atoms with van der Waals surface area (Å²) < 4.78 is 10.5. The number of rotatable bonds is 5. The summed E-state index contributed by atoms with van der Waals surface area (Å²) in [4.78, 5) is 24.7. The monoisotopic (exact) mass is 308 g/mol. The first-order valence-electron chi connectivity index (χ1n) is 7.32. The molecule has 2 aromatic rings. The molecule has 116 valence electrons. The normalized spacial score (nSPS) is 13.2. The lowest BCUT2D eigenvalue weighted by molar-refractivity contribution is 0.0990. The summed E-state index contributed by atoms with van der Waals surface area (Å²) in [5, 5.41) is 0. The molecule has 4 nitrogen and oxygen atoms in total. The Kier molecular flexibility index (Phi) is 4.35. The third-order valence-corrected chi connectivity index (χ3v) is 3.63. The summed E-state index contributed by atoms with van der Waals surface area (Å²) >= 11 is 0. The maximum absolute atomic E-state index is 12.4. The lowest BCUT2D eigenvalue weighted by atomic mass is 10.1. The van der Waals surface area contributed by atoms with Crippen molar-refractivity contribution in [2.45, 2.75) is 0 Å². The average molecular weight is 308 g/mol. The van der Waals surface area contributed by atoms with Crippen molar-refractivity contribution in [3.63, 3.8) is 0 Å². The van der Waals surface area contributed by atoms with Gasteiger partial charge in [0.05, 0.1) is 12.2 Å². The lowest BCUT2D eigenvalue weighted by Crippen LogP contribution is -2.04. The molecule has 0 saturated carbocycles. The van der Waals surface area contributed by atoms with E-state index in [0.717, 1.165) is 5.56 Å². The van der Waals surface area contributed by atoms with E-state index in [1.54, 1.807) is 43.5 Å². The fraction of sp³-hybridized carbons (Fsp3) is 0.158. The molecule has 0 amide bonds. The SMILES string of the molecule is COCCOc1cccc(C=C2C(=O)c3ccccc3C2=O)c1. The zero-order chi connectivity index (χ0) is 16.2. The van der Waals surface area contributed by atoms with Crippen LogP contribution in [0.5, 0.6) is 5.75 Å². The molecule has 0 spiro atoms. The number of allylic oxidation sites excluding steroid dienone is 1. The van der Waals surface area contributed by atoms with E-state index in [1.165, 1.54) is 0 Å². The van der Waals surface area contributed by atoms with E-state index in [0.29, 0.717) is 30.1 Å². The molecule has 0 heterocycles. The van der Waals surface area contributed by atoms with E-state index < -0.39 is 0 Å². The Morgan fingerprint density at radius 2 is 1.61 bits per heavy atom. The van der Waals surface area contributed by atoms with Gasteiger partial charge in [-0.15, -0.1) is 0 Å². The van der Waals surface area contributed by atoms with Gasteiger partial charge in [0, 0.05) is 18.2 Å². The number of fused-ring (bicyclic) bond motifs is 1. The highest BCUT2D eigenvalue weighted by Gasteiger charge is 2.32. The van der Waals surface area contributed by atoms with Crippen LogP contribution < -0.4 is 4.74 Å². The minimum absolute atomic E-state index is 0.195. The Labute approximate surface area is 134 Å². The highest BCUT2D eigenvalue weighted by molar-refractivity contribution is 6.41. The van der Waals surface area contributed by atoms with Crippen molar-refractivity contribution in [1.29, 1.82) is 0 Å². The highest BCUT2D eigenvalue weighted by atomic mass is 16.5. The predicted molar refractivity (Wildman–Crippen MR) is 86.9 cm³/mol. The van der Waals surface area contributed by atoms with Gasteiger partial charge in [0.15, 0.2) is 11.6 Å². The van der Waals surface area contributed by atoms with Crippen LogP contribution in [0.1, 0.15) is 26.3 Å². The Balaban J connectivity index is 1.87. The molecule has 0 atom stereocenters. The van der Waals surface area contributed by atoms with E-state index in [-0.39, 0.29) is 17.1 Å². The van der Waals surface area contributed by atoms with E-state index in [2.05, 4.69) is 0 Å². The van der Waals surface area contributed by atoms with Crippen LogP contribution in [0, 0.1) is 0 Å². The zero-order valence-electron chi connectivity index (χ0n) is 12.7. The van der Waals surface area contributed by atoms with Gasteiger partial charge < -0.3 is 9.47 Å². The number of Topliss-reactive ketones (excluding diaryl/α,β-unsaturated/α-hetero) is 2. The second-order valence-corrected chi connectivity index (χ2v) is 5.18. The van der Waals surface area contributed by atoms with E-state index in [4.69, 9.17) is 9.47 Å². The quantitative estimate of drug-likeness (QED) is 0.483. The molecule has 0 N–H and O–H groups in total. The first kappa shape index (κ1) is 15.2. The minimum Gasteiger partial charge on any atom is -0.491 e. The molecule has 0 radical (unpaired) electrons. The van der Waals surface area contributed by atoms with Gasteiger partial charge >= 0.3 is 0 Å². The third kappa shape index (κ3) is 3.07. The van der Waals surface area contributed by atoms with Crippen LogP contribution in [0.25, 0.3) is 6.08 Å². The zero-order valence-corrected chi connectivity index (χ0v) is 12.7. The molecule has 4 heteroatoms. The molecule has 0 unspecified atom stereocenters. The van der Waals surface area contributed by atoms with Crippen molar-refractivity contribution in [3.8, 4) is 5.75 Å². The van der Waals surface area contributed by atoms with Gasteiger partial charge in [-0.1, -0.05) is 36.4 Å². The van der Waals surface area contributed by atoms with Crippen molar-refractivity contribution < 1.29 is 19.1 Å². The molecule has 3 rings (SSSR count). The average Bonchev–Trinajstić information content (AvgIpc) is 2.81. The van der Waals surface area contributed by atoms with Gasteiger partial charge in [0.1, 0.15) is 12.4 Å². The summed E-state index contributed by atoms with van der Waals surface area (Å²) in [6.07, 6.45) is 1.62. The second kappa shape index (κ2) is 6.58. The molecule has 1 aliphatic carbocycles. The predicted octanol–water partition coefficient (Wildman–Crippen LogP) is 3.17. The number of benzene rings is 2. The molecule has 0 bridgehead atoms. The van der Waals surface area contributed by atoms with Crippen LogP contribution in [0.15, 0.2) is 54.1 Å². The van der Waals surface area contributed by atoms with Gasteiger partial charge in [0.2, 0.25) is 0 Å². The van der Waals surface area contributed by atoms with Crippen molar-refractivity contribution in [1.82, 2.24) is 0 Å². The van der Waals surface area contributed by atoms with Crippen LogP contribution in [0.4, 0.5) is 0 Å². The lowest BCUT2D eigenvalue weighted by Gasteiger charge is -2.06. The Morgan fingerprint density at radius 3 is 2.26 bits per heavy atom. The van der Waals surface area contributed by atoms with Gasteiger partial charge in [-0.3, -0.25) is 9.59 Å². The Bertz CT molecular complexity index is 752. The molecule has 0 aromatic heterocycles. The largest absolute Gasteiger partial charge is 0.491 e. The van der Waals surface area contributed by atoms with Crippen LogP contribution in [0.3, 0.4) is 0 Å². The number of hydrogen-bond donors (Lipinski definition) is 0. The van der Waals surface area contributed by atoms with Gasteiger partial charge in [0.25, 0.3) is 0 Å². The Morgan fingerprint density at radius 1 is 0.913 bits per heavy atom. The molecule has 0 fully saturated rings. The maximum atomic E-state index is 12.4. The molecular formula is C19H16O4. The molecular weight excluding hydrogens is 292 g/mol. The van der Waals surface area contributed by atoms with Crippen molar-refractivity contribution >= 4 is 17.6 Å². The van der Waals surface area contributed by atoms with Gasteiger partial charge in [-0.05, 0) is 23.8 Å². The highest BCUT2D eigenvalue weighted by Crippen LogP contribution is 2.28. The standard InChI is InChI=1S/C19H16O4/c1-22-9-10-23-14-6-4-5-13(11-14)12-17-18(20)15-7-2-3-8-16(15)19(17)21/h2-8,11-12H,9-10H2,1H3. The molecule has 1 aliphatic rings. The number of methoxy groups -OCH3 is 1. The molecule has 0 aliphatic heterocycles. The van der Waals surface area contributed by atoms with Crippen molar-refractivity contribution in [3.05, 3.63) is 70.8 Å². The first-order valence-corrected chi connectivity index (χ1v) is 7.32. The summed E-state index contributed by atoms with van der Waals surface area (Å²) in [7, 11) is 1.61. The molecule has 0 saturated heterocycles. The van der Waals surface area contributed by atoms with E-state index in [1.807, 2.05) is 18.2 Å². The summed E-state index contributed by atoms with van der Waals surface area (Å²) in [6.45, 7) is 0.942. The van der Waals surface area contributed by atoms with Gasteiger partial charge in [-0.2, -0.15) is 0 Å². The second-order valence-electron chi connectivity index (χ2n) is 5.18. The number of hydrogen-bond acceptors (Lipinski definition) is 4. The number of ether oxygens (including phenoxy) is 2.